The van der Waals surface area contributed by atoms with E-state index in [4.69, 9.17) is 4.74 Å². The summed E-state index contributed by atoms with van der Waals surface area (Å²) in [6.45, 7) is 5.41. The minimum absolute atomic E-state index is 0.0159. The smallest absolute Gasteiger partial charge is 0.253 e. The lowest BCUT2D eigenvalue weighted by Gasteiger charge is -2.37. The number of ether oxygens (including phenoxy) is 1. The molecule has 1 aliphatic heterocycles. The van der Waals surface area contributed by atoms with Crippen LogP contribution in [0.4, 0.5) is 0 Å². The molecule has 0 aliphatic carbocycles. The van der Waals surface area contributed by atoms with Crippen molar-refractivity contribution in [3.05, 3.63) is 35.4 Å². The van der Waals surface area contributed by atoms with Gasteiger partial charge in [-0.25, -0.2) is 0 Å². The lowest BCUT2D eigenvalue weighted by Crippen LogP contribution is -2.48. The molecule has 1 amide bonds. The average Bonchev–Trinajstić information content (AvgIpc) is 2.69. The van der Waals surface area contributed by atoms with Gasteiger partial charge in [0, 0.05) is 57.8 Å². The quantitative estimate of drug-likeness (QED) is 0.551. The van der Waals surface area contributed by atoms with Crippen LogP contribution in [0.15, 0.2) is 29.3 Å². The van der Waals surface area contributed by atoms with E-state index < -0.39 is 0 Å². The molecule has 0 saturated carbocycles. The van der Waals surface area contributed by atoms with Crippen molar-refractivity contribution < 1.29 is 9.53 Å². The Hall–Kier alpha value is -1.73. The van der Waals surface area contributed by atoms with E-state index in [9.17, 15) is 4.79 Å². The zero-order valence-corrected chi connectivity index (χ0v) is 17.7. The second-order valence-corrected chi connectivity index (χ2v) is 8.64. The van der Waals surface area contributed by atoms with Gasteiger partial charge in [0.25, 0.3) is 5.91 Å². The molecule has 1 fully saturated rings. The summed E-state index contributed by atoms with van der Waals surface area (Å²) in [6, 6.07) is 7.68. The molecule has 1 saturated heterocycles. The van der Waals surface area contributed by atoms with E-state index in [0.29, 0.717) is 12.1 Å². The minimum Gasteiger partial charge on any atom is -0.381 e. The summed E-state index contributed by atoms with van der Waals surface area (Å²) in [5.74, 6) is 1.92. The molecule has 27 heavy (non-hydrogen) atoms. The molecule has 0 atom stereocenters. The number of carbonyl (C=O) groups is 1. The van der Waals surface area contributed by atoms with Crippen molar-refractivity contribution in [1.82, 2.24) is 15.5 Å². The fourth-order valence-corrected chi connectivity index (χ4v) is 4.34. The number of nitrogens with one attached hydrogen (secondary N) is 2. The van der Waals surface area contributed by atoms with Gasteiger partial charge in [0.15, 0.2) is 5.96 Å². The number of benzene rings is 1. The highest BCUT2D eigenvalue weighted by molar-refractivity contribution is 8.00. The van der Waals surface area contributed by atoms with Gasteiger partial charge in [-0.05, 0) is 36.3 Å². The average molecular weight is 393 g/mol. The van der Waals surface area contributed by atoms with E-state index in [1.165, 1.54) is 0 Å². The number of aliphatic imine (C=N–C) groups is 1. The summed E-state index contributed by atoms with van der Waals surface area (Å²) in [5, 5.41) is 6.84. The van der Waals surface area contributed by atoms with Crippen molar-refractivity contribution in [2.75, 3.05) is 46.7 Å². The second kappa shape index (κ2) is 10.6. The number of guanidine groups is 1. The topological polar surface area (TPSA) is 66.0 Å². The molecule has 0 aromatic heterocycles. The van der Waals surface area contributed by atoms with Crippen LogP contribution in [0.2, 0.25) is 0 Å². The maximum Gasteiger partial charge on any atom is 0.253 e. The largest absolute Gasteiger partial charge is 0.381 e. The Labute approximate surface area is 167 Å². The van der Waals surface area contributed by atoms with Gasteiger partial charge in [0.1, 0.15) is 0 Å². The lowest BCUT2D eigenvalue weighted by molar-refractivity contribution is 0.0782. The number of carbonyl (C=O) groups excluding carboxylic acids is 1. The van der Waals surface area contributed by atoms with Crippen LogP contribution in [0.5, 0.6) is 0 Å². The van der Waals surface area contributed by atoms with Crippen molar-refractivity contribution in [3.8, 4) is 0 Å². The Balaban J connectivity index is 1.87. The van der Waals surface area contributed by atoms with Gasteiger partial charge >= 0.3 is 0 Å². The zero-order chi connectivity index (χ0) is 19.7. The van der Waals surface area contributed by atoms with Crippen molar-refractivity contribution in [1.29, 1.82) is 0 Å². The summed E-state index contributed by atoms with van der Waals surface area (Å²) >= 11 is 2.01. The Morgan fingerprint density at radius 3 is 2.44 bits per heavy atom. The lowest BCUT2D eigenvalue weighted by atomic mass is 9.99. The van der Waals surface area contributed by atoms with E-state index in [1.807, 2.05) is 36.0 Å². The molecule has 6 nitrogen and oxygen atoms in total. The van der Waals surface area contributed by atoms with Crippen molar-refractivity contribution in [3.63, 3.8) is 0 Å². The Morgan fingerprint density at radius 2 is 1.89 bits per heavy atom. The molecule has 0 unspecified atom stereocenters. The fourth-order valence-electron chi connectivity index (χ4n) is 3.10. The van der Waals surface area contributed by atoms with Crippen LogP contribution in [-0.2, 0) is 11.3 Å². The SMILES string of the molecule is CCSC1(CNC(=NC)NCc2ccc(C(=O)N(C)C)cc2)CCOCC1. The minimum atomic E-state index is 0.0159. The normalized spacial score (nSPS) is 16.7. The van der Waals surface area contributed by atoms with Crippen LogP contribution < -0.4 is 10.6 Å². The summed E-state index contributed by atoms with van der Waals surface area (Å²) in [4.78, 5) is 17.9. The van der Waals surface area contributed by atoms with E-state index in [-0.39, 0.29) is 10.7 Å². The zero-order valence-electron chi connectivity index (χ0n) is 16.9. The molecule has 1 aromatic carbocycles. The third kappa shape index (κ3) is 6.43. The Bertz CT molecular complexity index is 620. The molecule has 2 N–H and O–H groups in total. The first-order valence-corrected chi connectivity index (χ1v) is 10.4. The molecule has 1 aliphatic rings. The van der Waals surface area contributed by atoms with Crippen molar-refractivity contribution in [2.45, 2.75) is 31.1 Å². The first-order chi connectivity index (χ1) is 13.0. The van der Waals surface area contributed by atoms with E-state index in [2.05, 4.69) is 22.5 Å². The molecule has 7 heteroatoms. The summed E-state index contributed by atoms with van der Waals surface area (Å²) in [5.41, 5.74) is 1.81. The van der Waals surface area contributed by atoms with Gasteiger partial charge in [-0.15, -0.1) is 0 Å². The standard InChI is InChI=1S/C20H32N4O2S/c1-5-27-20(10-12-26-13-11-20)15-23-19(21-2)22-14-16-6-8-17(9-7-16)18(25)24(3)4/h6-9H,5,10-15H2,1-4H3,(H2,21,22,23). The van der Waals surface area contributed by atoms with Gasteiger partial charge in [-0.1, -0.05) is 19.1 Å². The maximum absolute atomic E-state index is 12.0. The van der Waals surface area contributed by atoms with Crippen LogP contribution in [0.1, 0.15) is 35.7 Å². The first kappa shape index (κ1) is 21.6. The van der Waals surface area contributed by atoms with Crippen LogP contribution >= 0.6 is 11.8 Å². The highest BCUT2D eigenvalue weighted by atomic mass is 32.2. The Morgan fingerprint density at radius 1 is 1.22 bits per heavy atom. The molecular formula is C20H32N4O2S. The van der Waals surface area contributed by atoms with E-state index in [0.717, 1.165) is 49.9 Å². The second-order valence-electron chi connectivity index (χ2n) is 6.90. The monoisotopic (exact) mass is 392 g/mol. The third-order valence-electron chi connectivity index (χ3n) is 4.72. The molecule has 2 rings (SSSR count). The van der Waals surface area contributed by atoms with Gasteiger partial charge in [0.2, 0.25) is 0 Å². The van der Waals surface area contributed by atoms with Crippen LogP contribution in [0.25, 0.3) is 0 Å². The summed E-state index contributed by atoms with van der Waals surface area (Å²) in [7, 11) is 5.31. The van der Waals surface area contributed by atoms with Crippen LogP contribution in [0, 0.1) is 0 Å². The highest BCUT2D eigenvalue weighted by Crippen LogP contribution is 2.34. The predicted octanol–water partition coefficient (Wildman–Crippen LogP) is 2.36. The number of thioether (sulfide) groups is 1. The van der Waals surface area contributed by atoms with E-state index >= 15 is 0 Å². The van der Waals surface area contributed by atoms with Crippen LogP contribution in [-0.4, -0.2) is 68.2 Å². The highest BCUT2D eigenvalue weighted by Gasteiger charge is 2.32. The Kier molecular flexibility index (Phi) is 8.44. The molecular weight excluding hydrogens is 360 g/mol. The number of hydrogen-bond acceptors (Lipinski definition) is 4. The number of hydrogen-bond donors (Lipinski definition) is 2. The molecule has 1 aromatic rings. The van der Waals surface area contributed by atoms with Gasteiger partial charge < -0.3 is 20.3 Å². The summed E-state index contributed by atoms with van der Waals surface area (Å²) < 4.78 is 5.76. The van der Waals surface area contributed by atoms with E-state index in [1.54, 1.807) is 26.0 Å². The molecule has 150 valence electrons. The van der Waals surface area contributed by atoms with Crippen molar-refractivity contribution >= 4 is 23.6 Å². The van der Waals surface area contributed by atoms with Crippen molar-refractivity contribution in [2.24, 2.45) is 4.99 Å². The number of nitrogens with zero attached hydrogens (tertiary/aromatic N) is 2. The molecule has 0 bridgehead atoms. The predicted molar refractivity (Wildman–Crippen MR) is 114 cm³/mol. The first-order valence-electron chi connectivity index (χ1n) is 9.46. The number of rotatable bonds is 7. The molecule has 0 spiro atoms. The summed E-state index contributed by atoms with van der Waals surface area (Å²) in [6.07, 6.45) is 2.13. The third-order valence-corrected chi connectivity index (χ3v) is 6.18. The fraction of sp³-hybridized carbons (Fsp3) is 0.600. The van der Waals surface area contributed by atoms with Crippen LogP contribution in [0.3, 0.4) is 0 Å². The number of amides is 1. The van der Waals surface area contributed by atoms with Gasteiger partial charge in [0.05, 0.1) is 0 Å². The van der Waals surface area contributed by atoms with Gasteiger partial charge in [-0.3, -0.25) is 9.79 Å². The maximum atomic E-state index is 12.0. The van der Waals surface area contributed by atoms with Gasteiger partial charge in [-0.2, -0.15) is 11.8 Å². The molecule has 1 heterocycles. The molecule has 0 radical (unpaired) electrons.